The number of sulfonamides is 1. The highest BCUT2D eigenvalue weighted by molar-refractivity contribution is 7.89. The average Bonchev–Trinajstić information content (AvgIpc) is 2.63. The van der Waals surface area contributed by atoms with Crippen molar-refractivity contribution in [3.8, 4) is 0 Å². The minimum Gasteiger partial charge on any atom is -0.373 e. The van der Waals surface area contributed by atoms with Crippen LogP contribution in [0.4, 0.5) is 5.69 Å². The molecule has 1 aromatic rings. The van der Waals surface area contributed by atoms with E-state index in [4.69, 9.17) is 4.74 Å². The summed E-state index contributed by atoms with van der Waals surface area (Å²) in [5.74, 6) is -0.147. The fourth-order valence-electron chi connectivity index (χ4n) is 4.02. The van der Waals surface area contributed by atoms with Gasteiger partial charge in [-0.15, -0.1) is 0 Å². The highest BCUT2D eigenvalue weighted by atomic mass is 32.2. The molecule has 0 unspecified atom stereocenters. The van der Waals surface area contributed by atoms with Gasteiger partial charge in [-0.25, -0.2) is 8.42 Å². The maximum Gasteiger partial charge on any atom is 0.243 e. The smallest absolute Gasteiger partial charge is 0.243 e. The first-order chi connectivity index (χ1) is 13.3. The van der Waals surface area contributed by atoms with Crippen LogP contribution >= 0.6 is 0 Å². The van der Waals surface area contributed by atoms with Crippen molar-refractivity contribution in [1.82, 2.24) is 9.21 Å². The lowest BCUT2D eigenvalue weighted by atomic mass is 10.2. The van der Waals surface area contributed by atoms with Gasteiger partial charge in [0, 0.05) is 31.9 Å². The van der Waals surface area contributed by atoms with Gasteiger partial charge in [-0.3, -0.25) is 9.69 Å². The average molecular weight is 410 g/mol. The molecule has 0 spiro atoms. The zero-order valence-corrected chi connectivity index (χ0v) is 17.8. The van der Waals surface area contributed by atoms with Gasteiger partial charge in [-0.05, 0) is 51.3 Å². The van der Waals surface area contributed by atoms with E-state index in [1.54, 1.807) is 29.4 Å². The van der Waals surface area contributed by atoms with Crippen LogP contribution in [0.2, 0.25) is 0 Å². The Morgan fingerprint density at radius 1 is 1.14 bits per heavy atom. The molecule has 0 aliphatic carbocycles. The van der Waals surface area contributed by atoms with Crippen molar-refractivity contribution >= 4 is 21.6 Å². The lowest BCUT2D eigenvalue weighted by Gasteiger charge is -2.34. The minimum absolute atomic E-state index is 0.0946. The van der Waals surface area contributed by atoms with Gasteiger partial charge in [0.05, 0.1) is 23.6 Å². The van der Waals surface area contributed by atoms with Crippen molar-refractivity contribution in [3.63, 3.8) is 0 Å². The van der Waals surface area contributed by atoms with Gasteiger partial charge in [0.2, 0.25) is 15.9 Å². The largest absolute Gasteiger partial charge is 0.373 e. The molecule has 156 valence electrons. The summed E-state index contributed by atoms with van der Waals surface area (Å²) in [7, 11) is -3.54. The van der Waals surface area contributed by atoms with Crippen molar-refractivity contribution < 1.29 is 17.9 Å². The topological polar surface area (TPSA) is 79.0 Å². The Bertz CT molecular complexity index is 796. The number of carbonyl (C=O) groups is 1. The Kier molecular flexibility index (Phi) is 6.75. The predicted octanol–water partition coefficient (Wildman–Crippen LogP) is 2.22. The number of hydrogen-bond acceptors (Lipinski definition) is 5. The van der Waals surface area contributed by atoms with Crippen molar-refractivity contribution in [2.75, 3.05) is 38.0 Å². The number of amides is 1. The van der Waals surface area contributed by atoms with E-state index in [9.17, 15) is 13.2 Å². The number of anilines is 1. The standard InChI is InChI=1S/C20H31N3O4S/c1-15-7-8-18(11-19(15)28(25,26)23-9-5-4-6-10-23)21-20(24)14-22-12-16(2)27-17(3)13-22/h7-8,11,16-17H,4-6,9-10,12-14H2,1-3H3,(H,21,24)/t16-,17+. The first kappa shape index (κ1) is 21.2. The molecule has 1 N–H and O–H groups in total. The molecule has 3 rings (SSSR count). The summed E-state index contributed by atoms with van der Waals surface area (Å²) in [5.41, 5.74) is 1.21. The number of benzene rings is 1. The van der Waals surface area contributed by atoms with Crippen LogP contribution in [-0.4, -0.2) is 68.5 Å². The molecule has 7 nitrogen and oxygen atoms in total. The van der Waals surface area contributed by atoms with Crippen LogP contribution in [-0.2, 0) is 19.6 Å². The van der Waals surface area contributed by atoms with Crippen LogP contribution in [0, 0.1) is 6.92 Å². The molecule has 0 saturated carbocycles. The van der Waals surface area contributed by atoms with E-state index in [0.29, 0.717) is 37.4 Å². The van der Waals surface area contributed by atoms with Gasteiger partial charge >= 0.3 is 0 Å². The summed E-state index contributed by atoms with van der Waals surface area (Å²) in [6, 6.07) is 5.10. The molecule has 0 aromatic heterocycles. The normalized spacial score (nSPS) is 24.8. The Morgan fingerprint density at radius 2 is 1.79 bits per heavy atom. The molecular weight excluding hydrogens is 378 g/mol. The SMILES string of the molecule is Cc1ccc(NC(=O)CN2C[C@@H](C)O[C@@H](C)C2)cc1S(=O)(=O)N1CCCCC1. The highest BCUT2D eigenvalue weighted by Crippen LogP contribution is 2.26. The highest BCUT2D eigenvalue weighted by Gasteiger charge is 2.28. The molecular formula is C20H31N3O4S. The lowest BCUT2D eigenvalue weighted by molar-refractivity contribution is -0.121. The molecule has 0 bridgehead atoms. The number of hydrogen-bond donors (Lipinski definition) is 1. The van der Waals surface area contributed by atoms with Crippen LogP contribution < -0.4 is 5.32 Å². The molecule has 8 heteroatoms. The summed E-state index contributed by atoms with van der Waals surface area (Å²) in [5, 5.41) is 2.86. The Morgan fingerprint density at radius 3 is 2.43 bits per heavy atom. The van der Waals surface area contributed by atoms with Crippen molar-refractivity contribution in [1.29, 1.82) is 0 Å². The van der Waals surface area contributed by atoms with Gasteiger partial charge in [0.15, 0.2) is 0 Å². The van der Waals surface area contributed by atoms with Gasteiger partial charge in [-0.2, -0.15) is 4.31 Å². The summed E-state index contributed by atoms with van der Waals surface area (Å²) < 4.78 is 33.3. The van der Waals surface area contributed by atoms with E-state index in [1.807, 2.05) is 13.8 Å². The number of nitrogens with zero attached hydrogens (tertiary/aromatic N) is 2. The van der Waals surface area contributed by atoms with Crippen LogP contribution in [0.15, 0.2) is 23.1 Å². The zero-order valence-electron chi connectivity index (χ0n) is 17.0. The third-order valence-electron chi connectivity index (χ3n) is 5.27. The minimum atomic E-state index is -3.54. The number of piperidine rings is 1. The predicted molar refractivity (Wildman–Crippen MR) is 109 cm³/mol. The van der Waals surface area contributed by atoms with Gasteiger partial charge in [-0.1, -0.05) is 12.5 Å². The Hall–Kier alpha value is -1.48. The maximum absolute atomic E-state index is 13.0. The van der Waals surface area contributed by atoms with E-state index < -0.39 is 10.0 Å². The molecule has 2 atom stereocenters. The molecule has 28 heavy (non-hydrogen) atoms. The Labute approximate surface area is 168 Å². The first-order valence-electron chi connectivity index (χ1n) is 10.0. The summed E-state index contributed by atoms with van der Waals surface area (Å²) in [6.07, 6.45) is 3.05. The van der Waals surface area contributed by atoms with Crippen LogP contribution in [0.25, 0.3) is 0 Å². The van der Waals surface area contributed by atoms with Gasteiger partial charge < -0.3 is 10.1 Å². The fourth-order valence-corrected chi connectivity index (χ4v) is 5.79. The van der Waals surface area contributed by atoms with E-state index in [0.717, 1.165) is 19.3 Å². The number of morpholine rings is 1. The second-order valence-electron chi connectivity index (χ2n) is 7.94. The van der Waals surface area contributed by atoms with Crippen molar-refractivity contribution in [2.24, 2.45) is 0 Å². The fraction of sp³-hybridized carbons (Fsp3) is 0.650. The molecule has 2 aliphatic rings. The van der Waals surface area contributed by atoms with E-state index in [1.165, 1.54) is 0 Å². The molecule has 2 saturated heterocycles. The second-order valence-corrected chi connectivity index (χ2v) is 9.85. The summed E-state index contributed by atoms with van der Waals surface area (Å²) in [4.78, 5) is 14.8. The van der Waals surface area contributed by atoms with Gasteiger partial charge in [0.25, 0.3) is 0 Å². The van der Waals surface area contributed by atoms with E-state index >= 15 is 0 Å². The second kappa shape index (κ2) is 8.90. The van der Waals surface area contributed by atoms with Crippen molar-refractivity contribution in [2.45, 2.75) is 57.1 Å². The third-order valence-corrected chi connectivity index (χ3v) is 7.31. The molecule has 2 heterocycles. The third kappa shape index (κ3) is 5.11. The number of aryl methyl sites for hydroxylation is 1. The molecule has 1 aromatic carbocycles. The van der Waals surface area contributed by atoms with Crippen molar-refractivity contribution in [3.05, 3.63) is 23.8 Å². The maximum atomic E-state index is 13.0. The van der Waals surface area contributed by atoms with Crippen LogP contribution in [0.5, 0.6) is 0 Å². The molecule has 0 radical (unpaired) electrons. The number of rotatable bonds is 5. The summed E-state index contributed by atoms with van der Waals surface area (Å²) >= 11 is 0. The summed E-state index contributed by atoms with van der Waals surface area (Å²) in [6.45, 7) is 8.59. The number of nitrogens with one attached hydrogen (secondary N) is 1. The zero-order chi connectivity index (χ0) is 20.3. The number of ether oxygens (including phenoxy) is 1. The van der Waals surface area contributed by atoms with E-state index in [2.05, 4.69) is 10.2 Å². The van der Waals surface area contributed by atoms with Crippen LogP contribution in [0.1, 0.15) is 38.7 Å². The molecule has 2 aliphatic heterocycles. The number of carbonyl (C=O) groups excluding carboxylic acids is 1. The first-order valence-corrected chi connectivity index (χ1v) is 11.5. The van der Waals surface area contributed by atoms with Crippen LogP contribution in [0.3, 0.4) is 0 Å². The lowest BCUT2D eigenvalue weighted by Crippen LogP contribution is -2.48. The molecule has 1 amide bonds. The molecule has 2 fully saturated rings. The van der Waals surface area contributed by atoms with E-state index in [-0.39, 0.29) is 29.6 Å². The monoisotopic (exact) mass is 409 g/mol. The van der Waals surface area contributed by atoms with Gasteiger partial charge in [0.1, 0.15) is 0 Å². The quantitative estimate of drug-likeness (QED) is 0.807. The Balaban J connectivity index is 1.69.